The van der Waals surface area contributed by atoms with Crippen molar-refractivity contribution in [1.29, 1.82) is 0 Å². The van der Waals surface area contributed by atoms with E-state index >= 15 is 0 Å². The molecule has 0 bridgehead atoms. The van der Waals surface area contributed by atoms with Gasteiger partial charge in [-0.3, -0.25) is 0 Å². The molecular weight excluding hydrogens is 360 g/mol. The summed E-state index contributed by atoms with van der Waals surface area (Å²) in [7, 11) is 4.12. The standard InChI is InChI=1S/C21H31BrN2/c1-24(2)21-15-13-20(14-16-21)12-8-4-3-6-10-18-23-19-11-7-5-9-17-22/h3,6,8,10,12-16,18,23H,4-5,7,9,11,17,19H2,1-2H3/p+1/b6-3-,12-8+,18-10-. The van der Waals surface area contributed by atoms with Crippen molar-refractivity contribution in [3.63, 3.8) is 0 Å². The summed E-state index contributed by atoms with van der Waals surface area (Å²) in [5.41, 5.74) is 2.48. The van der Waals surface area contributed by atoms with Crippen molar-refractivity contribution >= 4 is 27.7 Å². The number of hydrogen-bond donors (Lipinski definition) is 1. The normalized spacial score (nSPS) is 12.0. The maximum Gasteiger partial charge on any atom is 0.0925 e. The molecule has 0 fully saturated rings. The summed E-state index contributed by atoms with van der Waals surface area (Å²) in [5.74, 6) is 0. The fraction of sp³-hybridized carbons (Fsp3) is 0.429. The Morgan fingerprint density at radius 2 is 1.71 bits per heavy atom. The van der Waals surface area contributed by atoms with E-state index in [0.29, 0.717) is 0 Å². The van der Waals surface area contributed by atoms with Gasteiger partial charge in [0.25, 0.3) is 0 Å². The third kappa shape index (κ3) is 10.5. The van der Waals surface area contributed by atoms with E-state index in [-0.39, 0.29) is 0 Å². The van der Waals surface area contributed by atoms with Gasteiger partial charge in [-0.1, -0.05) is 58.8 Å². The van der Waals surface area contributed by atoms with Gasteiger partial charge in [0.2, 0.25) is 0 Å². The Kier molecular flexibility index (Phi) is 12.1. The lowest BCUT2D eigenvalue weighted by Gasteiger charge is -2.11. The molecule has 0 aliphatic rings. The van der Waals surface area contributed by atoms with Gasteiger partial charge in [-0.25, -0.2) is 0 Å². The van der Waals surface area contributed by atoms with E-state index < -0.39 is 0 Å². The van der Waals surface area contributed by atoms with E-state index in [9.17, 15) is 0 Å². The van der Waals surface area contributed by atoms with Crippen molar-refractivity contribution in [3.05, 3.63) is 60.3 Å². The van der Waals surface area contributed by atoms with Gasteiger partial charge in [-0.2, -0.15) is 0 Å². The average molecular weight is 392 g/mol. The zero-order valence-corrected chi connectivity index (χ0v) is 16.7. The second kappa shape index (κ2) is 14.1. The van der Waals surface area contributed by atoms with Crippen LogP contribution in [0.15, 0.2) is 54.8 Å². The monoisotopic (exact) mass is 391 g/mol. The molecule has 24 heavy (non-hydrogen) atoms. The number of nitrogens with two attached hydrogens (primary N) is 1. The van der Waals surface area contributed by atoms with Crippen LogP contribution in [0.3, 0.4) is 0 Å². The van der Waals surface area contributed by atoms with Gasteiger partial charge in [-0.15, -0.1) is 0 Å². The number of rotatable bonds is 12. The van der Waals surface area contributed by atoms with Gasteiger partial charge in [0, 0.05) is 25.1 Å². The van der Waals surface area contributed by atoms with Crippen LogP contribution in [0.5, 0.6) is 0 Å². The summed E-state index contributed by atoms with van der Waals surface area (Å²) in [6.07, 6.45) is 19.2. The minimum atomic E-state index is 0.965. The minimum Gasteiger partial charge on any atom is -0.378 e. The van der Waals surface area contributed by atoms with Gasteiger partial charge in [0.15, 0.2) is 0 Å². The molecule has 1 aromatic rings. The van der Waals surface area contributed by atoms with E-state index in [4.69, 9.17) is 0 Å². The van der Waals surface area contributed by atoms with Crippen molar-refractivity contribution in [2.24, 2.45) is 0 Å². The molecule has 0 amide bonds. The lowest BCUT2D eigenvalue weighted by Crippen LogP contribution is -2.77. The number of unbranched alkanes of at least 4 members (excludes halogenated alkanes) is 3. The Bertz CT molecular complexity index is 501. The Morgan fingerprint density at radius 3 is 2.42 bits per heavy atom. The molecule has 2 nitrogen and oxygen atoms in total. The smallest absolute Gasteiger partial charge is 0.0925 e. The first kappa shape index (κ1) is 20.7. The highest BCUT2D eigenvalue weighted by atomic mass is 79.9. The van der Waals surface area contributed by atoms with Crippen LogP contribution in [-0.2, 0) is 0 Å². The second-order valence-electron chi connectivity index (χ2n) is 6.06. The zero-order chi connectivity index (χ0) is 17.5. The molecule has 1 rings (SSSR count). The SMILES string of the molecule is CN(C)c1ccc(/C=C/C/C=C\C=C/[NH2+]CCCCCCBr)cc1. The topological polar surface area (TPSA) is 19.9 Å². The van der Waals surface area contributed by atoms with Gasteiger partial charge in [-0.05, 0) is 49.5 Å². The van der Waals surface area contributed by atoms with Gasteiger partial charge < -0.3 is 10.2 Å². The quantitative estimate of drug-likeness (QED) is 0.309. The van der Waals surface area contributed by atoms with Crippen molar-refractivity contribution in [1.82, 2.24) is 0 Å². The van der Waals surface area contributed by atoms with E-state index in [2.05, 4.69) is 101 Å². The van der Waals surface area contributed by atoms with Gasteiger partial charge >= 0.3 is 0 Å². The largest absolute Gasteiger partial charge is 0.378 e. The lowest BCUT2D eigenvalue weighted by atomic mass is 10.1. The molecule has 0 atom stereocenters. The number of quaternary nitrogens is 1. The number of nitrogens with zero attached hydrogens (tertiary/aromatic N) is 1. The first-order valence-corrected chi connectivity index (χ1v) is 10.0. The highest BCUT2D eigenvalue weighted by Crippen LogP contribution is 2.13. The fourth-order valence-electron chi connectivity index (χ4n) is 2.27. The maximum absolute atomic E-state index is 3.47. The highest BCUT2D eigenvalue weighted by molar-refractivity contribution is 9.09. The number of allylic oxidation sites excluding steroid dienone is 4. The molecule has 0 aliphatic carbocycles. The summed E-state index contributed by atoms with van der Waals surface area (Å²) in [6.45, 7) is 1.19. The van der Waals surface area contributed by atoms with E-state index in [1.54, 1.807) is 0 Å². The van der Waals surface area contributed by atoms with Gasteiger partial charge in [0.05, 0.1) is 12.7 Å². The molecular formula is C21H32BrN2+. The molecule has 0 aliphatic heterocycles. The molecule has 0 saturated heterocycles. The van der Waals surface area contributed by atoms with Crippen molar-refractivity contribution in [3.8, 4) is 0 Å². The van der Waals surface area contributed by atoms with Crippen molar-refractivity contribution in [2.45, 2.75) is 32.1 Å². The second-order valence-corrected chi connectivity index (χ2v) is 6.86. The van der Waals surface area contributed by atoms with Crippen LogP contribution in [0.25, 0.3) is 6.08 Å². The molecule has 0 heterocycles. The summed E-state index contributed by atoms with van der Waals surface area (Å²) in [5, 5.41) is 3.40. The molecule has 2 N–H and O–H groups in total. The summed E-state index contributed by atoms with van der Waals surface area (Å²) < 4.78 is 0. The minimum absolute atomic E-state index is 0.965. The first-order valence-electron chi connectivity index (χ1n) is 8.89. The predicted octanol–water partition coefficient (Wildman–Crippen LogP) is 4.74. The number of alkyl halides is 1. The number of anilines is 1. The Balaban J connectivity index is 2.11. The van der Waals surface area contributed by atoms with Crippen LogP contribution in [0.2, 0.25) is 0 Å². The van der Waals surface area contributed by atoms with Crippen LogP contribution < -0.4 is 10.2 Å². The van der Waals surface area contributed by atoms with Crippen LogP contribution in [-0.4, -0.2) is 26.0 Å². The fourth-order valence-corrected chi connectivity index (χ4v) is 2.67. The third-order valence-electron chi connectivity index (χ3n) is 3.74. The number of hydrogen-bond acceptors (Lipinski definition) is 1. The summed E-state index contributed by atoms with van der Waals surface area (Å²) in [4.78, 5) is 2.11. The van der Waals surface area contributed by atoms with Crippen LogP contribution in [0, 0.1) is 0 Å². The molecule has 0 saturated carbocycles. The van der Waals surface area contributed by atoms with E-state index in [1.165, 1.54) is 43.5 Å². The third-order valence-corrected chi connectivity index (χ3v) is 4.30. The zero-order valence-electron chi connectivity index (χ0n) is 15.1. The molecule has 0 spiro atoms. The summed E-state index contributed by atoms with van der Waals surface area (Å²) >= 11 is 3.47. The van der Waals surface area contributed by atoms with Crippen molar-refractivity contribution in [2.75, 3.05) is 30.9 Å². The average Bonchev–Trinajstić information content (AvgIpc) is 2.59. The molecule has 132 valence electrons. The van der Waals surface area contributed by atoms with Crippen LogP contribution in [0.4, 0.5) is 5.69 Å². The Labute approximate surface area is 156 Å². The van der Waals surface area contributed by atoms with E-state index in [1.807, 2.05) is 0 Å². The Morgan fingerprint density at radius 1 is 0.958 bits per heavy atom. The predicted molar refractivity (Wildman–Crippen MR) is 112 cm³/mol. The molecule has 0 unspecified atom stereocenters. The van der Waals surface area contributed by atoms with Crippen molar-refractivity contribution < 1.29 is 5.32 Å². The number of benzene rings is 1. The summed E-state index contributed by atoms with van der Waals surface area (Å²) in [6, 6.07) is 8.60. The van der Waals surface area contributed by atoms with Crippen LogP contribution in [0.1, 0.15) is 37.7 Å². The van der Waals surface area contributed by atoms with Gasteiger partial charge in [0.1, 0.15) is 0 Å². The first-order chi connectivity index (χ1) is 11.7. The highest BCUT2D eigenvalue weighted by Gasteiger charge is 1.93. The number of halogens is 1. The molecule has 1 aromatic carbocycles. The maximum atomic E-state index is 3.47. The van der Waals surface area contributed by atoms with E-state index in [0.717, 1.165) is 11.8 Å². The molecule has 0 aromatic heterocycles. The molecule has 0 radical (unpaired) electrons. The lowest BCUT2D eigenvalue weighted by molar-refractivity contribution is -0.588. The molecule has 3 heteroatoms. The van der Waals surface area contributed by atoms with Crippen LogP contribution >= 0.6 is 15.9 Å². The Hall–Kier alpha value is -1.32.